The van der Waals surface area contributed by atoms with Crippen LogP contribution in [0.1, 0.15) is 0 Å². The maximum absolute atomic E-state index is 12.8. The maximum atomic E-state index is 12.8. The van der Waals surface area contributed by atoms with Gasteiger partial charge in [0.1, 0.15) is 18.5 Å². The number of rotatable bonds is 3. The molecule has 0 bridgehead atoms. The van der Waals surface area contributed by atoms with Crippen LogP contribution >= 0.6 is 0 Å². The van der Waals surface area contributed by atoms with Crippen LogP contribution in [0.25, 0.3) is 5.95 Å². The van der Waals surface area contributed by atoms with Gasteiger partial charge in [0.2, 0.25) is 11.9 Å². The van der Waals surface area contributed by atoms with Crippen LogP contribution in [-0.2, 0) is 0 Å². The fourth-order valence-corrected chi connectivity index (χ4v) is 1.51. The van der Waals surface area contributed by atoms with Gasteiger partial charge in [0.05, 0.1) is 0 Å². The van der Waals surface area contributed by atoms with Crippen molar-refractivity contribution in [3.8, 4) is 5.95 Å². The number of aromatic nitrogens is 6. The highest BCUT2D eigenvalue weighted by Gasteiger charge is 2.07. The number of hydrogen-bond donors (Lipinski definition) is 2. The molecule has 0 unspecified atom stereocenters. The summed E-state index contributed by atoms with van der Waals surface area (Å²) in [5.74, 6) is 0.179. The number of benzene rings is 1. The van der Waals surface area contributed by atoms with Gasteiger partial charge in [0.15, 0.2) is 0 Å². The minimum Gasteiger partial charge on any atom is -0.368 e. The number of hydrogen-bond acceptors (Lipinski definition) is 7. The van der Waals surface area contributed by atoms with E-state index >= 15 is 0 Å². The highest BCUT2D eigenvalue weighted by atomic mass is 19.1. The molecule has 8 nitrogen and oxygen atoms in total. The summed E-state index contributed by atoms with van der Waals surface area (Å²) in [6.45, 7) is 0. The number of anilines is 3. The Morgan fingerprint density at radius 2 is 1.90 bits per heavy atom. The average Bonchev–Trinajstić information content (AvgIpc) is 2.95. The lowest BCUT2D eigenvalue weighted by Crippen LogP contribution is -2.09. The molecule has 0 saturated carbocycles. The van der Waals surface area contributed by atoms with Crippen molar-refractivity contribution in [2.75, 3.05) is 11.1 Å². The molecule has 0 spiro atoms. The van der Waals surface area contributed by atoms with Crippen molar-refractivity contribution in [2.45, 2.75) is 0 Å². The molecule has 0 fully saturated rings. The van der Waals surface area contributed by atoms with Gasteiger partial charge >= 0.3 is 0 Å². The molecule has 0 atom stereocenters. The summed E-state index contributed by atoms with van der Waals surface area (Å²) in [6.07, 6.45) is 2.80. The zero-order valence-electron chi connectivity index (χ0n) is 10.1. The van der Waals surface area contributed by atoms with Crippen molar-refractivity contribution in [2.24, 2.45) is 0 Å². The van der Waals surface area contributed by atoms with E-state index in [-0.39, 0.29) is 23.7 Å². The Bertz CT molecular complexity index is 710. The normalized spacial score (nSPS) is 10.4. The Labute approximate surface area is 112 Å². The van der Waals surface area contributed by atoms with Gasteiger partial charge in [-0.05, 0) is 24.3 Å². The average molecular weight is 272 g/mol. The van der Waals surface area contributed by atoms with Crippen LogP contribution in [-0.4, -0.2) is 29.7 Å². The van der Waals surface area contributed by atoms with Crippen molar-refractivity contribution in [3.63, 3.8) is 0 Å². The molecular weight excluding hydrogens is 263 g/mol. The molecule has 3 N–H and O–H groups in total. The van der Waals surface area contributed by atoms with E-state index in [9.17, 15) is 4.39 Å². The first-order chi connectivity index (χ1) is 9.70. The number of nitrogens with zero attached hydrogens (tertiary/aromatic N) is 6. The number of nitrogens with two attached hydrogens (primary N) is 1. The van der Waals surface area contributed by atoms with Gasteiger partial charge in [-0.1, -0.05) is 0 Å². The second kappa shape index (κ2) is 4.88. The van der Waals surface area contributed by atoms with Crippen molar-refractivity contribution >= 4 is 17.6 Å². The van der Waals surface area contributed by atoms with Crippen LogP contribution in [0.4, 0.5) is 22.0 Å². The summed E-state index contributed by atoms with van der Waals surface area (Å²) in [5, 5.41) is 6.81. The predicted molar refractivity (Wildman–Crippen MR) is 68.8 cm³/mol. The molecule has 3 rings (SSSR count). The first kappa shape index (κ1) is 12.0. The van der Waals surface area contributed by atoms with Crippen molar-refractivity contribution in [3.05, 3.63) is 42.7 Å². The largest absolute Gasteiger partial charge is 0.368 e. The molecule has 3 aromatic rings. The minimum absolute atomic E-state index is 0.0371. The lowest BCUT2D eigenvalue weighted by atomic mass is 10.3. The third kappa shape index (κ3) is 2.51. The van der Waals surface area contributed by atoms with Crippen LogP contribution < -0.4 is 11.1 Å². The molecule has 0 aliphatic heterocycles. The van der Waals surface area contributed by atoms with E-state index in [0.717, 1.165) is 0 Å². The first-order valence-electron chi connectivity index (χ1n) is 5.60. The molecule has 2 aromatic heterocycles. The Hall–Kier alpha value is -3.10. The van der Waals surface area contributed by atoms with E-state index in [1.54, 1.807) is 12.1 Å². The van der Waals surface area contributed by atoms with E-state index in [0.29, 0.717) is 5.69 Å². The van der Waals surface area contributed by atoms with Crippen LogP contribution in [0.15, 0.2) is 36.9 Å². The maximum Gasteiger partial charge on any atom is 0.258 e. The zero-order chi connectivity index (χ0) is 13.9. The Balaban J connectivity index is 1.92. The summed E-state index contributed by atoms with van der Waals surface area (Å²) in [7, 11) is 0. The number of halogens is 1. The molecule has 2 heterocycles. The molecule has 0 saturated heterocycles. The predicted octanol–water partition coefficient (Wildman–Crippen LogP) is 0.917. The van der Waals surface area contributed by atoms with Crippen LogP contribution in [0.5, 0.6) is 0 Å². The lowest BCUT2D eigenvalue weighted by molar-refractivity contribution is 0.628. The topological polar surface area (TPSA) is 107 Å². The lowest BCUT2D eigenvalue weighted by Gasteiger charge is -2.06. The smallest absolute Gasteiger partial charge is 0.258 e. The van der Waals surface area contributed by atoms with E-state index in [1.165, 1.54) is 29.5 Å². The second-order valence-electron chi connectivity index (χ2n) is 3.79. The molecule has 0 amide bonds. The summed E-state index contributed by atoms with van der Waals surface area (Å²) < 4.78 is 14.2. The van der Waals surface area contributed by atoms with E-state index < -0.39 is 0 Å². The van der Waals surface area contributed by atoms with Crippen molar-refractivity contribution in [1.82, 2.24) is 29.7 Å². The van der Waals surface area contributed by atoms with Gasteiger partial charge < -0.3 is 11.1 Å². The van der Waals surface area contributed by atoms with Crippen molar-refractivity contribution in [1.29, 1.82) is 0 Å². The molecular formula is C11H9FN8. The van der Waals surface area contributed by atoms with Crippen molar-refractivity contribution < 1.29 is 4.39 Å². The third-order valence-electron chi connectivity index (χ3n) is 2.36. The fraction of sp³-hybridized carbons (Fsp3) is 0. The Kier molecular flexibility index (Phi) is 2.92. The highest BCUT2D eigenvalue weighted by molar-refractivity contribution is 5.54. The van der Waals surface area contributed by atoms with E-state index in [2.05, 4.69) is 30.4 Å². The summed E-state index contributed by atoms with van der Waals surface area (Å²) in [4.78, 5) is 15.8. The summed E-state index contributed by atoms with van der Waals surface area (Å²) in [5.41, 5.74) is 6.25. The molecule has 0 aliphatic carbocycles. The van der Waals surface area contributed by atoms with Gasteiger partial charge in [0.25, 0.3) is 5.95 Å². The molecule has 100 valence electrons. The zero-order valence-corrected chi connectivity index (χ0v) is 10.1. The number of nitrogen functional groups attached to an aromatic ring is 1. The quantitative estimate of drug-likeness (QED) is 0.729. The standard InChI is InChI=1S/C11H9FN8/c12-7-1-3-8(4-2-7)16-10-17-9(13)18-11(19-10)20-6-14-5-15-20/h1-6H,(H3,13,16,17,18,19). The number of nitrogens with one attached hydrogen (secondary N) is 1. The monoisotopic (exact) mass is 272 g/mol. The van der Waals surface area contributed by atoms with Gasteiger partial charge in [-0.2, -0.15) is 24.7 Å². The summed E-state index contributed by atoms with van der Waals surface area (Å²) in [6, 6.07) is 5.77. The van der Waals surface area contributed by atoms with Gasteiger partial charge in [-0.25, -0.2) is 9.37 Å². The molecule has 9 heteroatoms. The van der Waals surface area contributed by atoms with Crippen LogP contribution in [0.2, 0.25) is 0 Å². The summed E-state index contributed by atoms with van der Waals surface area (Å²) >= 11 is 0. The van der Waals surface area contributed by atoms with Gasteiger partial charge in [0, 0.05) is 5.69 Å². The van der Waals surface area contributed by atoms with Crippen LogP contribution in [0, 0.1) is 5.82 Å². The second-order valence-corrected chi connectivity index (χ2v) is 3.79. The van der Waals surface area contributed by atoms with Crippen LogP contribution in [0.3, 0.4) is 0 Å². The molecule has 0 radical (unpaired) electrons. The fourth-order valence-electron chi connectivity index (χ4n) is 1.51. The Morgan fingerprint density at radius 3 is 2.60 bits per heavy atom. The minimum atomic E-state index is -0.325. The van der Waals surface area contributed by atoms with Gasteiger partial charge in [-0.15, -0.1) is 0 Å². The Morgan fingerprint density at radius 1 is 1.10 bits per heavy atom. The molecule has 1 aromatic carbocycles. The van der Waals surface area contributed by atoms with E-state index in [4.69, 9.17) is 5.73 Å². The van der Waals surface area contributed by atoms with E-state index in [1.807, 2.05) is 0 Å². The SMILES string of the molecule is Nc1nc(Nc2ccc(F)cc2)nc(-n2cncn2)n1. The van der Waals surface area contributed by atoms with Gasteiger partial charge in [-0.3, -0.25) is 0 Å². The first-order valence-corrected chi connectivity index (χ1v) is 5.60. The molecule has 0 aliphatic rings. The highest BCUT2D eigenvalue weighted by Crippen LogP contribution is 2.14. The third-order valence-corrected chi connectivity index (χ3v) is 2.36. The molecule has 20 heavy (non-hydrogen) atoms.